The van der Waals surface area contributed by atoms with Crippen LogP contribution in [0.4, 0.5) is 17.6 Å². The highest BCUT2D eigenvalue weighted by Crippen LogP contribution is 2.49. The zero-order valence-corrected chi connectivity index (χ0v) is 29.6. The molecule has 272 valence electrons. The van der Waals surface area contributed by atoms with E-state index in [1.54, 1.807) is 46.5 Å². The van der Waals surface area contributed by atoms with Crippen molar-refractivity contribution in [1.82, 2.24) is 19.8 Å². The molecule has 1 spiro atoms. The van der Waals surface area contributed by atoms with Crippen LogP contribution in [-0.4, -0.2) is 33.8 Å². The summed E-state index contributed by atoms with van der Waals surface area (Å²) in [7, 11) is 0. The molecule has 3 N–H and O–H groups in total. The topological polar surface area (TPSA) is 74.8 Å². The second-order valence-electron chi connectivity index (χ2n) is 15.3. The molecular weight excluding hydrogens is 642 g/mol. The summed E-state index contributed by atoms with van der Waals surface area (Å²) in [6, 6.07) is 8.13. The number of alkyl halides is 3. The van der Waals surface area contributed by atoms with E-state index in [-0.39, 0.29) is 41.3 Å². The summed E-state index contributed by atoms with van der Waals surface area (Å²) < 4.78 is 62.3. The number of carbonyl (C=O) groups is 1. The van der Waals surface area contributed by atoms with Gasteiger partial charge in [-0.3, -0.25) is 10.2 Å². The van der Waals surface area contributed by atoms with Crippen LogP contribution in [0.3, 0.4) is 0 Å². The van der Waals surface area contributed by atoms with Crippen molar-refractivity contribution in [3.8, 4) is 0 Å². The van der Waals surface area contributed by atoms with Crippen LogP contribution in [0.5, 0.6) is 0 Å². The molecular formula is C40H53F4N5O. The van der Waals surface area contributed by atoms with Gasteiger partial charge in [0.15, 0.2) is 0 Å². The average Bonchev–Trinajstić information content (AvgIpc) is 3.88. The number of benzene rings is 2. The third kappa shape index (κ3) is 8.55. The number of aryl methyl sites for hydroxylation is 2. The number of rotatable bonds is 8. The van der Waals surface area contributed by atoms with Crippen LogP contribution in [0.2, 0.25) is 0 Å². The van der Waals surface area contributed by atoms with Gasteiger partial charge in [-0.1, -0.05) is 69.6 Å². The number of aromatic nitrogens is 2. The molecule has 3 fully saturated rings. The van der Waals surface area contributed by atoms with E-state index in [1.807, 2.05) is 19.2 Å². The third-order valence-electron chi connectivity index (χ3n) is 11.6. The van der Waals surface area contributed by atoms with Crippen molar-refractivity contribution in [3.63, 3.8) is 0 Å². The minimum atomic E-state index is -4.46. The van der Waals surface area contributed by atoms with Crippen molar-refractivity contribution < 1.29 is 22.4 Å². The highest BCUT2D eigenvalue weighted by Gasteiger charge is 2.51. The molecule has 0 radical (unpaired) electrons. The summed E-state index contributed by atoms with van der Waals surface area (Å²) in [4.78, 5) is 14.2. The molecule has 1 aliphatic heterocycles. The predicted molar refractivity (Wildman–Crippen MR) is 187 cm³/mol. The molecule has 50 heavy (non-hydrogen) atoms. The van der Waals surface area contributed by atoms with Crippen molar-refractivity contribution in [2.75, 3.05) is 6.54 Å². The van der Waals surface area contributed by atoms with Crippen LogP contribution in [-0.2, 0) is 13.1 Å². The summed E-state index contributed by atoms with van der Waals surface area (Å²) in [5.41, 5.74) is 2.88. The Hall–Kier alpha value is -3.40. The second-order valence-corrected chi connectivity index (χ2v) is 15.3. The molecule has 6 rings (SSSR count). The lowest BCUT2D eigenvalue weighted by Crippen LogP contribution is -2.56. The second kappa shape index (κ2) is 15.5. The maximum absolute atomic E-state index is 14.9. The van der Waals surface area contributed by atoms with Crippen LogP contribution in [0.25, 0.3) is 0 Å². The molecule has 1 amide bonds. The van der Waals surface area contributed by atoms with Gasteiger partial charge in [0.2, 0.25) is 5.62 Å². The number of hydrogen-bond acceptors (Lipinski definition) is 3. The lowest BCUT2D eigenvalue weighted by molar-refractivity contribution is -0.171. The number of imidazole rings is 1. The van der Waals surface area contributed by atoms with Crippen LogP contribution in [0.1, 0.15) is 135 Å². The molecule has 3 atom stereocenters. The van der Waals surface area contributed by atoms with Crippen molar-refractivity contribution in [2.24, 2.45) is 11.3 Å². The number of amides is 1. The van der Waals surface area contributed by atoms with E-state index in [1.165, 1.54) is 31.7 Å². The van der Waals surface area contributed by atoms with Gasteiger partial charge < -0.3 is 19.8 Å². The molecule has 2 aromatic carbocycles. The van der Waals surface area contributed by atoms with Crippen molar-refractivity contribution in [1.29, 1.82) is 5.41 Å². The third-order valence-corrected chi connectivity index (χ3v) is 11.6. The zero-order valence-electron chi connectivity index (χ0n) is 29.6. The Labute approximate surface area is 293 Å². The Morgan fingerprint density at radius 3 is 2.24 bits per heavy atom. The molecule has 1 aromatic heterocycles. The van der Waals surface area contributed by atoms with Gasteiger partial charge in [0.1, 0.15) is 11.9 Å². The monoisotopic (exact) mass is 695 g/mol. The molecule has 2 aliphatic carbocycles. The van der Waals surface area contributed by atoms with Crippen LogP contribution < -0.4 is 16.3 Å². The van der Waals surface area contributed by atoms with Crippen molar-refractivity contribution in [3.05, 3.63) is 88.0 Å². The Bertz CT molecular complexity index is 1680. The number of hydrogen-bond donors (Lipinski definition) is 3. The summed E-state index contributed by atoms with van der Waals surface area (Å²) >= 11 is 0. The van der Waals surface area contributed by atoms with E-state index in [0.717, 1.165) is 56.9 Å². The van der Waals surface area contributed by atoms with Gasteiger partial charge in [-0.15, -0.1) is 0 Å². The fourth-order valence-corrected chi connectivity index (χ4v) is 8.54. The van der Waals surface area contributed by atoms with E-state index in [9.17, 15) is 22.4 Å². The number of nitrogens with zero attached hydrogens (tertiary/aromatic N) is 2. The highest BCUT2D eigenvalue weighted by atomic mass is 19.4. The number of piperidine rings is 1. The Morgan fingerprint density at radius 2 is 1.64 bits per heavy atom. The van der Waals surface area contributed by atoms with Gasteiger partial charge in [0.25, 0.3) is 5.91 Å². The number of carbonyl (C=O) groups excluding carboxylic acids is 1. The molecule has 10 heteroatoms. The van der Waals surface area contributed by atoms with Gasteiger partial charge in [0, 0.05) is 37.0 Å². The fourth-order valence-electron chi connectivity index (χ4n) is 8.54. The predicted octanol–water partition coefficient (Wildman–Crippen LogP) is 9.07. The largest absolute Gasteiger partial charge is 0.404 e. The molecule has 1 saturated heterocycles. The Balaban J connectivity index is 1.38. The van der Waals surface area contributed by atoms with Gasteiger partial charge in [0.05, 0.1) is 12.6 Å². The first-order valence-electron chi connectivity index (χ1n) is 18.8. The quantitative estimate of drug-likeness (QED) is 0.206. The molecule has 2 unspecified atom stereocenters. The average molecular weight is 696 g/mol. The van der Waals surface area contributed by atoms with E-state index < -0.39 is 18.1 Å². The minimum absolute atomic E-state index is 0.218. The van der Waals surface area contributed by atoms with E-state index >= 15 is 0 Å². The summed E-state index contributed by atoms with van der Waals surface area (Å²) in [5.74, 6) is -1.30. The van der Waals surface area contributed by atoms with Crippen LogP contribution in [0.15, 0.2) is 48.8 Å². The smallest absolute Gasteiger partial charge is 0.345 e. The fraction of sp³-hybridized carbons (Fsp3) is 0.600. The lowest BCUT2D eigenvalue weighted by atomic mass is 9.66. The van der Waals surface area contributed by atoms with Gasteiger partial charge in [-0.2, -0.15) is 13.2 Å². The van der Waals surface area contributed by atoms with Gasteiger partial charge in [-0.05, 0) is 97.7 Å². The Morgan fingerprint density at radius 1 is 0.980 bits per heavy atom. The first-order valence-corrected chi connectivity index (χ1v) is 18.8. The van der Waals surface area contributed by atoms with Crippen molar-refractivity contribution in [2.45, 2.75) is 135 Å². The molecule has 3 aliphatic rings. The maximum Gasteiger partial charge on any atom is 0.404 e. The standard InChI is InChI=1S/C40H53F4N5O/c1-3-48-18-19-49(38(48)45)25-28-21-31(23-32(22-28)37(50)47-35(29-12-13-29)30-14-15-34(41)27(2)20-30)33-24-39(26-46-36(33)40(42,43)44)16-10-8-6-4-5-7-9-11-17-39/h14-15,18-23,29,33,35-36,45-46H,3-13,16-17,24-26H2,1-2H3,(H,47,50)/t33?,35-,36?/m0/s1. The molecule has 0 bridgehead atoms. The molecule has 2 saturated carbocycles. The van der Waals surface area contributed by atoms with Gasteiger partial charge >= 0.3 is 6.18 Å². The zero-order chi connectivity index (χ0) is 35.5. The first-order chi connectivity index (χ1) is 24.0. The first kappa shape index (κ1) is 36.4. The van der Waals surface area contributed by atoms with Crippen LogP contribution >= 0.6 is 0 Å². The summed E-state index contributed by atoms with van der Waals surface area (Å²) in [6.45, 7) is 4.88. The number of nitrogens with one attached hydrogen (secondary N) is 3. The normalized spacial score (nSPS) is 22.5. The minimum Gasteiger partial charge on any atom is -0.345 e. The molecule has 2 heterocycles. The summed E-state index contributed by atoms with van der Waals surface area (Å²) in [5, 5.41) is 14.8. The Kier molecular flexibility index (Phi) is 11.3. The lowest BCUT2D eigenvalue weighted by Gasteiger charge is -2.47. The summed E-state index contributed by atoms with van der Waals surface area (Å²) in [6.07, 6.45) is 12.3. The van der Waals surface area contributed by atoms with E-state index in [2.05, 4.69) is 10.6 Å². The van der Waals surface area contributed by atoms with Gasteiger partial charge in [-0.25, -0.2) is 4.39 Å². The maximum atomic E-state index is 14.9. The molecule has 3 aromatic rings. The van der Waals surface area contributed by atoms with E-state index in [0.29, 0.717) is 41.8 Å². The van der Waals surface area contributed by atoms with E-state index in [4.69, 9.17) is 5.41 Å². The SMILES string of the molecule is CCn1ccn(Cc2cc(C(=O)N[C@H](c3ccc(F)c(C)c3)C3CC3)cc(C3CC4(CCCCCCCCCC4)CNC3C(F)(F)F)c2)c1=N. The highest BCUT2D eigenvalue weighted by molar-refractivity contribution is 5.95. The number of halogens is 4. The van der Waals surface area contributed by atoms with Crippen molar-refractivity contribution >= 4 is 5.91 Å². The van der Waals surface area contributed by atoms with Crippen LogP contribution in [0, 0.1) is 29.5 Å². The molecule has 6 nitrogen and oxygen atoms in total.